The maximum atomic E-state index is 14.5. The second-order valence-corrected chi connectivity index (χ2v) is 18.0. The molecule has 1 N–H and O–H groups in total. The van der Waals surface area contributed by atoms with E-state index in [1.807, 2.05) is 27.7 Å². The van der Waals surface area contributed by atoms with Gasteiger partial charge in [-0.2, -0.15) is 0 Å². The summed E-state index contributed by atoms with van der Waals surface area (Å²) in [6.07, 6.45) is 11.7. The molecule has 4 rings (SSSR count). The molecule has 1 aliphatic heterocycles. The molecule has 4 fully saturated rings. The standard InChI is InChI=1S/C35H56N2O7S/c1-6-11-24(31(40)29(39)18-22-16-17-22)19-28(38)30-26-15-10-14-25(26)20-37(30)34(42)32(35(2,3)4)36-33(41)27(21-45(5,43)44)23-12-8-7-9-13-23/h22-27,30,32H,6-21H2,1-5H3,(H,36,41)/t24-,25?,26-,27+,30-,32+/m0/s1. The van der Waals surface area contributed by atoms with Crippen molar-refractivity contribution in [1.82, 2.24) is 10.2 Å². The van der Waals surface area contributed by atoms with Crippen LogP contribution in [-0.2, 0) is 33.8 Å². The minimum absolute atomic E-state index is 0.00228. The number of carbonyl (C=O) groups is 5. The van der Waals surface area contributed by atoms with Gasteiger partial charge in [-0.1, -0.05) is 59.8 Å². The first-order chi connectivity index (χ1) is 21.1. The molecule has 1 heterocycles. The van der Waals surface area contributed by atoms with Crippen LogP contribution in [0.4, 0.5) is 0 Å². The first-order valence-electron chi connectivity index (χ1n) is 17.5. The van der Waals surface area contributed by atoms with Gasteiger partial charge in [-0.15, -0.1) is 0 Å². The quantitative estimate of drug-likeness (QED) is 0.255. The predicted octanol–water partition coefficient (Wildman–Crippen LogP) is 4.70. The SMILES string of the molecule is CCC[C@@H](CC(=O)[C@@H]1[C@H]2CCCC2CN1C(=O)[C@@H](NC(=O)[C@H](CS(C)(=O)=O)C1CCCCC1)C(C)(C)C)C(=O)C(=O)CC1CC1. The van der Waals surface area contributed by atoms with E-state index in [9.17, 15) is 32.4 Å². The van der Waals surface area contributed by atoms with Crippen LogP contribution in [-0.4, -0.2) is 73.1 Å². The lowest BCUT2D eigenvalue weighted by Crippen LogP contribution is -2.59. The summed E-state index contributed by atoms with van der Waals surface area (Å²) in [4.78, 5) is 70.0. The van der Waals surface area contributed by atoms with Gasteiger partial charge < -0.3 is 10.2 Å². The number of rotatable bonds is 15. The zero-order valence-electron chi connectivity index (χ0n) is 28.1. The molecule has 3 aliphatic carbocycles. The topological polar surface area (TPSA) is 135 Å². The zero-order chi connectivity index (χ0) is 33.1. The largest absolute Gasteiger partial charge is 0.344 e. The van der Waals surface area contributed by atoms with E-state index in [1.165, 1.54) is 0 Å². The molecule has 4 aliphatic rings. The molecular formula is C35H56N2O7S. The number of carbonyl (C=O) groups excluding carboxylic acids is 5. The Bertz CT molecular complexity index is 1230. The first-order valence-corrected chi connectivity index (χ1v) is 19.5. The molecule has 9 nitrogen and oxygen atoms in total. The van der Waals surface area contributed by atoms with Gasteiger partial charge in [-0.25, -0.2) is 8.42 Å². The normalized spacial score (nSPS) is 26.2. The molecule has 254 valence electrons. The lowest BCUT2D eigenvalue weighted by Gasteiger charge is -2.38. The second-order valence-electron chi connectivity index (χ2n) is 15.8. The monoisotopic (exact) mass is 648 g/mol. The summed E-state index contributed by atoms with van der Waals surface area (Å²) in [5.74, 6) is -2.97. The molecule has 3 saturated carbocycles. The summed E-state index contributed by atoms with van der Waals surface area (Å²) in [6.45, 7) is 7.98. The third-order valence-electron chi connectivity index (χ3n) is 10.8. The van der Waals surface area contributed by atoms with Crippen molar-refractivity contribution >= 4 is 39.0 Å². The summed E-state index contributed by atoms with van der Waals surface area (Å²) >= 11 is 0. The molecule has 10 heteroatoms. The van der Waals surface area contributed by atoms with Gasteiger partial charge in [0.2, 0.25) is 17.6 Å². The Morgan fingerprint density at radius 1 is 0.911 bits per heavy atom. The highest BCUT2D eigenvalue weighted by atomic mass is 32.2. The molecule has 0 bridgehead atoms. The van der Waals surface area contributed by atoms with Crippen molar-refractivity contribution in [3.05, 3.63) is 0 Å². The smallest absolute Gasteiger partial charge is 0.246 e. The zero-order valence-corrected chi connectivity index (χ0v) is 29.0. The third kappa shape index (κ3) is 9.25. The van der Waals surface area contributed by atoms with Crippen molar-refractivity contribution in [3.63, 3.8) is 0 Å². The van der Waals surface area contributed by atoms with E-state index in [2.05, 4.69) is 5.32 Å². The lowest BCUT2D eigenvalue weighted by atomic mass is 9.79. The van der Waals surface area contributed by atoms with Gasteiger partial charge in [0.1, 0.15) is 15.9 Å². The van der Waals surface area contributed by atoms with Crippen molar-refractivity contribution in [3.8, 4) is 0 Å². The number of nitrogens with zero attached hydrogens (tertiary/aromatic N) is 1. The fourth-order valence-corrected chi connectivity index (χ4v) is 9.32. The minimum atomic E-state index is -3.44. The Balaban J connectivity index is 1.55. The molecule has 45 heavy (non-hydrogen) atoms. The first kappa shape index (κ1) is 35.7. The number of Topliss-reactive ketones (excluding diaryl/α,β-unsaturated/α-hetero) is 3. The van der Waals surface area contributed by atoms with Crippen LogP contribution in [0, 0.1) is 40.9 Å². The maximum Gasteiger partial charge on any atom is 0.246 e. The molecule has 2 amide bonds. The summed E-state index contributed by atoms with van der Waals surface area (Å²) in [5, 5.41) is 2.99. The van der Waals surface area contributed by atoms with E-state index in [0.717, 1.165) is 70.5 Å². The average Bonchev–Trinajstić information content (AvgIpc) is 3.53. The fraction of sp³-hybridized carbons (Fsp3) is 0.857. The molecule has 0 spiro atoms. The van der Waals surface area contributed by atoms with Crippen LogP contribution in [0.2, 0.25) is 0 Å². The van der Waals surface area contributed by atoms with Crippen molar-refractivity contribution in [2.24, 2.45) is 40.9 Å². The highest BCUT2D eigenvalue weighted by molar-refractivity contribution is 7.90. The summed E-state index contributed by atoms with van der Waals surface area (Å²) < 4.78 is 24.8. The number of ketones is 3. The molecule has 1 saturated heterocycles. The van der Waals surface area contributed by atoms with Gasteiger partial charge in [0.25, 0.3) is 0 Å². The van der Waals surface area contributed by atoms with Gasteiger partial charge >= 0.3 is 0 Å². The van der Waals surface area contributed by atoms with Crippen molar-refractivity contribution in [2.75, 3.05) is 18.6 Å². The van der Waals surface area contributed by atoms with E-state index >= 15 is 0 Å². The van der Waals surface area contributed by atoms with Gasteiger partial charge in [-0.3, -0.25) is 24.0 Å². The van der Waals surface area contributed by atoms with Gasteiger partial charge in [0.15, 0.2) is 11.6 Å². The van der Waals surface area contributed by atoms with E-state index in [1.54, 1.807) is 4.90 Å². The molecular weight excluding hydrogens is 592 g/mol. The molecule has 0 radical (unpaired) electrons. The number of hydrogen-bond donors (Lipinski definition) is 1. The van der Waals surface area contributed by atoms with Crippen LogP contribution in [0.25, 0.3) is 0 Å². The van der Waals surface area contributed by atoms with Crippen molar-refractivity contribution < 1.29 is 32.4 Å². The maximum absolute atomic E-state index is 14.5. The Morgan fingerprint density at radius 3 is 2.16 bits per heavy atom. The number of nitrogens with one attached hydrogen (secondary N) is 1. The lowest BCUT2D eigenvalue weighted by molar-refractivity contribution is -0.146. The minimum Gasteiger partial charge on any atom is -0.344 e. The van der Waals surface area contributed by atoms with Crippen LogP contribution in [0.5, 0.6) is 0 Å². The highest BCUT2D eigenvalue weighted by Crippen LogP contribution is 2.44. The molecule has 0 aromatic heterocycles. The molecule has 6 atom stereocenters. The third-order valence-corrected chi connectivity index (χ3v) is 11.8. The highest BCUT2D eigenvalue weighted by Gasteiger charge is 2.52. The van der Waals surface area contributed by atoms with E-state index in [4.69, 9.17) is 0 Å². The Morgan fingerprint density at radius 2 is 1.58 bits per heavy atom. The Labute approximate surface area is 270 Å². The summed E-state index contributed by atoms with van der Waals surface area (Å²) in [5.41, 5.74) is -0.698. The van der Waals surface area contributed by atoms with Crippen LogP contribution >= 0.6 is 0 Å². The Hall–Kier alpha value is -2.10. The average molecular weight is 649 g/mol. The van der Waals surface area contributed by atoms with Gasteiger partial charge in [0, 0.05) is 31.6 Å². The number of likely N-dealkylation sites (tertiary alicyclic amines) is 1. The number of amides is 2. The van der Waals surface area contributed by atoms with Crippen LogP contribution < -0.4 is 5.32 Å². The number of sulfone groups is 1. The number of fused-ring (bicyclic) bond motifs is 1. The summed E-state index contributed by atoms with van der Waals surface area (Å²) in [7, 11) is -3.44. The van der Waals surface area contributed by atoms with Gasteiger partial charge in [-0.05, 0) is 74.0 Å². The fourth-order valence-electron chi connectivity index (χ4n) is 8.25. The number of hydrogen-bond acceptors (Lipinski definition) is 7. The predicted molar refractivity (Wildman–Crippen MR) is 173 cm³/mol. The Kier molecular flexibility index (Phi) is 11.7. The van der Waals surface area contributed by atoms with Crippen LogP contribution in [0.1, 0.15) is 118 Å². The van der Waals surface area contributed by atoms with Crippen LogP contribution in [0.3, 0.4) is 0 Å². The summed E-state index contributed by atoms with van der Waals surface area (Å²) in [6, 6.07) is -1.64. The molecule has 0 aromatic rings. The van der Waals surface area contributed by atoms with E-state index in [-0.39, 0.29) is 53.8 Å². The van der Waals surface area contributed by atoms with Crippen molar-refractivity contribution in [1.29, 1.82) is 0 Å². The van der Waals surface area contributed by atoms with Gasteiger partial charge in [0.05, 0.1) is 17.7 Å². The van der Waals surface area contributed by atoms with E-state index in [0.29, 0.717) is 25.3 Å². The van der Waals surface area contributed by atoms with E-state index < -0.39 is 50.9 Å². The molecule has 0 aromatic carbocycles. The van der Waals surface area contributed by atoms with Crippen molar-refractivity contribution in [2.45, 2.75) is 130 Å². The van der Waals surface area contributed by atoms with Crippen LogP contribution in [0.15, 0.2) is 0 Å². The molecule has 1 unspecified atom stereocenters. The second kappa shape index (κ2) is 14.8.